The van der Waals surface area contributed by atoms with Crippen molar-refractivity contribution < 1.29 is 9.59 Å². The molecule has 3 aromatic rings. The maximum absolute atomic E-state index is 12.8. The molecule has 0 aliphatic carbocycles. The summed E-state index contributed by atoms with van der Waals surface area (Å²) in [6.07, 6.45) is 0. The highest BCUT2D eigenvalue weighted by atomic mass is 35.5. The summed E-state index contributed by atoms with van der Waals surface area (Å²) >= 11 is 13.5. The van der Waals surface area contributed by atoms with E-state index in [4.69, 9.17) is 23.2 Å². The van der Waals surface area contributed by atoms with Gasteiger partial charge in [-0.3, -0.25) is 9.59 Å². The Hall–Kier alpha value is -3.07. The van der Waals surface area contributed by atoms with Crippen LogP contribution in [-0.4, -0.2) is 33.3 Å². The summed E-state index contributed by atoms with van der Waals surface area (Å²) in [4.78, 5) is 34.1. The van der Waals surface area contributed by atoms with Crippen LogP contribution in [0, 0.1) is 0 Å². The molecule has 2 amide bonds. The van der Waals surface area contributed by atoms with Gasteiger partial charge in [0.1, 0.15) is 11.5 Å². The Morgan fingerprint density at radius 3 is 2.53 bits per heavy atom. The third-order valence-corrected chi connectivity index (χ3v) is 5.53. The van der Waals surface area contributed by atoms with E-state index >= 15 is 0 Å². The molecule has 0 atom stereocenters. The summed E-state index contributed by atoms with van der Waals surface area (Å²) in [6, 6.07) is 9.99. The highest BCUT2D eigenvalue weighted by Crippen LogP contribution is 2.27. The van der Waals surface area contributed by atoms with Crippen LogP contribution >= 0.6 is 34.5 Å². The lowest BCUT2D eigenvalue weighted by Gasteiger charge is -2.13. The normalized spacial score (nSPS) is 13.8. The largest absolute Gasteiger partial charge is 0.306 e. The number of benzene rings is 1. The van der Waals surface area contributed by atoms with Gasteiger partial charge in [0.05, 0.1) is 16.2 Å². The first kappa shape index (κ1) is 20.2. The Balaban J connectivity index is 1.77. The zero-order valence-corrected chi connectivity index (χ0v) is 17.8. The number of carbonyl (C=O) groups excluding carboxylic acids is 2. The average Bonchev–Trinajstić information content (AvgIpc) is 3.34. The topological polar surface area (TPSA) is 88.7 Å². The van der Waals surface area contributed by atoms with Crippen molar-refractivity contribution in [3.05, 3.63) is 69.5 Å². The maximum Gasteiger partial charge on any atom is 0.281 e. The molecule has 0 saturated carbocycles. The molecule has 0 fully saturated rings. The van der Waals surface area contributed by atoms with E-state index in [-0.39, 0.29) is 22.9 Å². The number of nitrogens with zero attached hydrogens (tertiary/aromatic N) is 4. The smallest absolute Gasteiger partial charge is 0.281 e. The molecule has 150 valence electrons. The molecule has 0 spiro atoms. The molecule has 1 aliphatic rings. The summed E-state index contributed by atoms with van der Waals surface area (Å²) in [5, 5.41) is 9.84. The van der Waals surface area contributed by atoms with E-state index in [1.807, 2.05) is 17.5 Å². The van der Waals surface area contributed by atoms with E-state index in [0.717, 1.165) is 4.88 Å². The van der Waals surface area contributed by atoms with Crippen molar-refractivity contribution in [3.63, 3.8) is 0 Å². The lowest BCUT2D eigenvalue weighted by molar-refractivity contribution is -0.113. The van der Waals surface area contributed by atoms with E-state index in [2.05, 4.69) is 27.0 Å². The molecule has 3 heterocycles. The molecule has 7 nitrogen and oxygen atoms in total. The minimum Gasteiger partial charge on any atom is -0.306 e. The first-order valence-electron chi connectivity index (χ1n) is 8.61. The number of halogens is 2. The Bertz CT molecular complexity index is 1240. The van der Waals surface area contributed by atoms with Gasteiger partial charge in [-0.05, 0) is 36.6 Å². The number of carbonyl (C=O) groups is 2. The zero-order chi connectivity index (χ0) is 21.4. The summed E-state index contributed by atoms with van der Waals surface area (Å²) in [6.45, 7) is 5.32. The predicted octanol–water partition coefficient (Wildman–Crippen LogP) is 4.93. The number of thiophene rings is 1. The van der Waals surface area contributed by atoms with Crippen LogP contribution in [-0.2, 0) is 4.79 Å². The summed E-state index contributed by atoms with van der Waals surface area (Å²) in [7, 11) is 0. The van der Waals surface area contributed by atoms with Crippen LogP contribution in [0.1, 0.15) is 17.3 Å². The van der Waals surface area contributed by atoms with Gasteiger partial charge in [0, 0.05) is 21.7 Å². The molecule has 30 heavy (non-hydrogen) atoms. The fourth-order valence-corrected chi connectivity index (χ4v) is 3.90. The number of anilines is 1. The second kappa shape index (κ2) is 7.98. The summed E-state index contributed by atoms with van der Waals surface area (Å²) in [5.41, 5.74) is 1.50. The van der Waals surface area contributed by atoms with Crippen molar-refractivity contribution in [3.8, 4) is 10.6 Å². The number of amides is 2. The van der Waals surface area contributed by atoms with Crippen LogP contribution < -0.4 is 5.32 Å². The lowest BCUT2D eigenvalue weighted by Crippen LogP contribution is -2.25. The number of hydrogen-bond acceptors (Lipinski definition) is 5. The van der Waals surface area contributed by atoms with E-state index in [1.165, 1.54) is 34.2 Å². The zero-order valence-electron chi connectivity index (χ0n) is 15.5. The summed E-state index contributed by atoms with van der Waals surface area (Å²) < 4.78 is 1.31. The van der Waals surface area contributed by atoms with Crippen LogP contribution in [0.3, 0.4) is 0 Å². The van der Waals surface area contributed by atoms with Gasteiger partial charge in [-0.15, -0.1) is 11.3 Å². The standard InChI is InChI=1S/C20H13Cl2N5O2S/c1-10-11(2)23-20(25-18(10)28)27-17(9-15(26-27)16-4-3-5-30-16)24-19(29)12-6-13(21)8-14(22)7-12/h3-9H,1H2,2H3,(H,24,29). The monoisotopic (exact) mass is 457 g/mol. The Morgan fingerprint density at radius 2 is 1.90 bits per heavy atom. The third-order valence-electron chi connectivity index (χ3n) is 4.20. The molecule has 0 unspecified atom stereocenters. The molecular weight excluding hydrogens is 445 g/mol. The molecule has 0 saturated heterocycles. The molecule has 1 aliphatic heterocycles. The second-order valence-corrected chi connectivity index (χ2v) is 8.13. The number of rotatable bonds is 3. The minimum absolute atomic E-state index is 0.0344. The highest BCUT2D eigenvalue weighted by molar-refractivity contribution is 7.13. The quantitative estimate of drug-likeness (QED) is 0.565. The molecule has 10 heteroatoms. The molecule has 1 N–H and O–H groups in total. The summed E-state index contributed by atoms with van der Waals surface area (Å²) in [5.74, 6) is -0.641. The van der Waals surface area contributed by atoms with Gasteiger partial charge in [-0.2, -0.15) is 14.8 Å². The van der Waals surface area contributed by atoms with Crippen molar-refractivity contribution in [2.24, 2.45) is 9.98 Å². The van der Waals surface area contributed by atoms with E-state index < -0.39 is 11.8 Å². The lowest BCUT2D eigenvalue weighted by atomic mass is 10.2. The third kappa shape index (κ3) is 3.97. The van der Waals surface area contributed by atoms with Crippen LogP contribution in [0.4, 0.5) is 5.82 Å². The Labute approximate surface area is 185 Å². The van der Waals surface area contributed by atoms with Crippen molar-refractivity contribution >= 4 is 63.8 Å². The Morgan fingerprint density at radius 1 is 1.17 bits per heavy atom. The van der Waals surface area contributed by atoms with Crippen molar-refractivity contribution in [2.75, 3.05) is 5.32 Å². The average molecular weight is 458 g/mol. The fourth-order valence-electron chi connectivity index (χ4n) is 2.69. The first-order chi connectivity index (χ1) is 14.3. The fraction of sp³-hybridized carbons (Fsp3) is 0.0500. The molecule has 0 bridgehead atoms. The van der Waals surface area contributed by atoms with Crippen LogP contribution in [0.2, 0.25) is 10.0 Å². The van der Waals surface area contributed by atoms with E-state index in [1.54, 1.807) is 13.0 Å². The molecule has 1 aromatic carbocycles. The molecule has 0 radical (unpaired) electrons. The van der Waals surface area contributed by atoms with Crippen LogP contribution in [0.25, 0.3) is 10.6 Å². The van der Waals surface area contributed by atoms with Crippen molar-refractivity contribution in [1.29, 1.82) is 0 Å². The van der Waals surface area contributed by atoms with Gasteiger partial charge >= 0.3 is 0 Å². The van der Waals surface area contributed by atoms with E-state index in [9.17, 15) is 9.59 Å². The van der Waals surface area contributed by atoms with Gasteiger partial charge < -0.3 is 5.32 Å². The van der Waals surface area contributed by atoms with Gasteiger partial charge in [0.25, 0.3) is 17.8 Å². The molecule has 2 aromatic heterocycles. The maximum atomic E-state index is 12.8. The molecular formula is C20H13Cl2N5O2S. The van der Waals surface area contributed by atoms with Gasteiger partial charge in [0.2, 0.25) is 0 Å². The Kier molecular flexibility index (Phi) is 5.38. The first-order valence-corrected chi connectivity index (χ1v) is 10.2. The van der Waals surface area contributed by atoms with Gasteiger partial charge in [-0.1, -0.05) is 35.8 Å². The van der Waals surface area contributed by atoms with Crippen molar-refractivity contribution in [2.45, 2.75) is 6.92 Å². The number of nitrogens with one attached hydrogen (secondary N) is 1. The predicted molar refractivity (Wildman–Crippen MR) is 120 cm³/mol. The second-order valence-electron chi connectivity index (χ2n) is 6.31. The SMILES string of the molecule is C=C1C(=O)N=C(n2nc(-c3cccs3)cc2NC(=O)c2cc(Cl)cc(Cl)c2)N=C1C. The number of hydrogen-bond donors (Lipinski definition) is 1. The van der Waals surface area contributed by atoms with Crippen LogP contribution in [0.15, 0.2) is 63.9 Å². The van der Waals surface area contributed by atoms with Gasteiger partial charge in [0.15, 0.2) is 0 Å². The van der Waals surface area contributed by atoms with Crippen molar-refractivity contribution in [1.82, 2.24) is 9.78 Å². The number of aromatic nitrogens is 2. The van der Waals surface area contributed by atoms with Crippen LogP contribution in [0.5, 0.6) is 0 Å². The minimum atomic E-state index is -0.510. The highest BCUT2D eigenvalue weighted by Gasteiger charge is 2.23. The van der Waals surface area contributed by atoms with E-state index in [0.29, 0.717) is 21.5 Å². The molecule has 4 rings (SSSR count). The van der Waals surface area contributed by atoms with Gasteiger partial charge in [-0.25, -0.2) is 4.99 Å². The number of aliphatic imine (C=N–C) groups is 2.